The molecule has 1 atom stereocenters. The molecule has 146 valence electrons. The summed E-state index contributed by atoms with van der Waals surface area (Å²) in [6.45, 7) is 2.52. The van der Waals surface area contributed by atoms with Gasteiger partial charge in [0.15, 0.2) is 0 Å². The first kappa shape index (κ1) is 18.7. The van der Waals surface area contributed by atoms with Gasteiger partial charge in [0.1, 0.15) is 11.9 Å². The first-order valence-corrected chi connectivity index (χ1v) is 9.97. The average molecular weight is 380 g/mol. The summed E-state index contributed by atoms with van der Waals surface area (Å²) in [7, 11) is 0. The summed E-state index contributed by atoms with van der Waals surface area (Å²) in [5, 5.41) is 3.17. The van der Waals surface area contributed by atoms with Gasteiger partial charge in [-0.3, -0.25) is 9.59 Å². The van der Waals surface area contributed by atoms with Gasteiger partial charge >= 0.3 is 0 Å². The van der Waals surface area contributed by atoms with Crippen molar-refractivity contribution in [2.45, 2.75) is 51.2 Å². The summed E-state index contributed by atoms with van der Waals surface area (Å²) in [5.74, 6) is 0.106. The number of benzene rings is 2. The molecular formula is C23H25FN2O2. The van der Waals surface area contributed by atoms with Crippen LogP contribution in [0.15, 0.2) is 48.5 Å². The van der Waals surface area contributed by atoms with Crippen LogP contribution in [0, 0.1) is 11.7 Å². The van der Waals surface area contributed by atoms with Crippen molar-refractivity contribution in [1.82, 2.24) is 10.2 Å². The van der Waals surface area contributed by atoms with Gasteiger partial charge in [-0.2, -0.15) is 0 Å². The molecule has 1 heterocycles. The smallest absolute Gasteiger partial charge is 0.255 e. The van der Waals surface area contributed by atoms with Gasteiger partial charge in [0.05, 0.1) is 0 Å². The molecule has 1 N–H and O–H groups in total. The number of carbonyl (C=O) groups is 2. The molecule has 28 heavy (non-hydrogen) atoms. The van der Waals surface area contributed by atoms with Gasteiger partial charge in [0, 0.05) is 18.2 Å². The second-order valence-electron chi connectivity index (χ2n) is 8.01. The minimum atomic E-state index is -0.645. The molecule has 1 aliphatic heterocycles. The van der Waals surface area contributed by atoms with Crippen molar-refractivity contribution in [1.29, 1.82) is 0 Å². The van der Waals surface area contributed by atoms with Crippen LogP contribution >= 0.6 is 0 Å². The predicted molar refractivity (Wildman–Crippen MR) is 105 cm³/mol. The molecule has 2 aliphatic rings. The van der Waals surface area contributed by atoms with Crippen molar-refractivity contribution in [2.24, 2.45) is 5.92 Å². The number of nitrogens with zero attached hydrogens (tertiary/aromatic N) is 1. The maximum absolute atomic E-state index is 13.2. The Morgan fingerprint density at radius 1 is 1.07 bits per heavy atom. The number of fused-ring (bicyclic) bond motifs is 1. The summed E-state index contributed by atoms with van der Waals surface area (Å²) in [6, 6.07) is 12.9. The van der Waals surface area contributed by atoms with Gasteiger partial charge in [-0.1, -0.05) is 37.3 Å². The molecule has 1 saturated carbocycles. The number of amides is 2. The maximum atomic E-state index is 13.2. The van der Waals surface area contributed by atoms with Gasteiger partial charge < -0.3 is 10.2 Å². The van der Waals surface area contributed by atoms with Crippen LogP contribution in [0.1, 0.15) is 60.1 Å². The van der Waals surface area contributed by atoms with E-state index in [2.05, 4.69) is 12.2 Å². The fourth-order valence-corrected chi connectivity index (χ4v) is 4.29. The molecule has 0 bridgehead atoms. The molecule has 0 saturated heterocycles. The second kappa shape index (κ2) is 7.74. The molecule has 5 heteroatoms. The number of halogens is 1. The molecule has 0 radical (unpaired) electrons. The van der Waals surface area contributed by atoms with Crippen LogP contribution in [0.4, 0.5) is 4.39 Å². The fourth-order valence-electron chi connectivity index (χ4n) is 4.29. The summed E-state index contributed by atoms with van der Waals surface area (Å²) in [4.78, 5) is 27.8. The maximum Gasteiger partial charge on any atom is 0.255 e. The lowest BCUT2D eigenvalue weighted by atomic mass is 9.87. The van der Waals surface area contributed by atoms with Crippen molar-refractivity contribution < 1.29 is 14.0 Å². The monoisotopic (exact) mass is 380 g/mol. The zero-order chi connectivity index (χ0) is 19.7. The summed E-state index contributed by atoms with van der Waals surface area (Å²) in [5.41, 5.74) is 2.12. The molecular weight excluding hydrogens is 355 g/mol. The Labute approximate surface area is 164 Å². The number of hydrogen-bond acceptors (Lipinski definition) is 2. The fraction of sp³-hybridized carbons (Fsp3) is 0.391. The van der Waals surface area contributed by atoms with Crippen LogP contribution < -0.4 is 5.32 Å². The largest absolute Gasteiger partial charge is 0.351 e. The van der Waals surface area contributed by atoms with Gasteiger partial charge in [0.25, 0.3) is 5.91 Å². The molecule has 2 aromatic rings. The zero-order valence-corrected chi connectivity index (χ0v) is 16.0. The highest BCUT2D eigenvalue weighted by Gasteiger charge is 2.41. The number of nitrogens with one attached hydrogen (secondary N) is 1. The third kappa shape index (κ3) is 3.66. The Hall–Kier alpha value is -2.69. The third-order valence-electron chi connectivity index (χ3n) is 5.94. The van der Waals surface area contributed by atoms with Crippen LogP contribution in [0.5, 0.6) is 0 Å². The number of carbonyl (C=O) groups excluding carboxylic acids is 2. The Morgan fingerprint density at radius 2 is 1.75 bits per heavy atom. The highest BCUT2D eigenvalue weighted by atomic mass is 19.1. The summed E-state index contributed by atoms with van der Waals surface area (Å²) in [6.07, 6.45) is 4.19. The normalized spacial score (nSPS) is 24.1. The average Bonchev–Trinajstić information content (AvgIpc) is 2.98. The zero-order valence-electron chi connectivity index (χ0n) is 16.0. The van der Waals surface area contributed by atoms with Crippen molar-refractivity contribution in [3.8, 4) is 0 Å². The lowest BCUT2D eigenvalue weighted by Crippen LogP contribution is -2.44. The van der Waals surface area contributed by atoms with E-state index in [1.807, 2.05) is 18.2 Å². The third-order valence-corrected chi connectivity index (χ3v) is 5.94. The van der Waals surface area contributed by atoms with E-state index in [-0.39, 0.29) is 30.2 Å². The van der Waals surface area contributed by atoms with Gasteiger partial charge in [-0.15, -0.1) is 0 Å². The second-order valence-corrected chi connectivity index (χ2v) is 8.01. The van der Waals surface area contributed by atoms with E-state index in [1.165, 1.54) is 12.1 Å². The van der Waals surface area contributed by atoms with Gasteiger partial charge in [-0.05, 0) is 60.9 Å². The van der Waals surface area contributed by atoms with Crippen molar-refractivity contribution in [3.05, 3.63) is 71.0 Å². The lowest BCUT2D eigenvalue weighted by molar-refractivity contribution is -0.126. The molecule has 0 aromatic heterocycles. The van der Waals surface area contributed by atoms with Gasteiger partial charge in [0.2, 0.25) is 5.91 Å². The highest BCUT2D eigenvalue weighted by Crippen LogP contribution is 2.35. The SMILES string of the molecule is CC1CCC(NC(=O)[C@@H]2c3ccccc3C(=O)N2Cc2ccc(F)cc2)CC1. The molecule has 4 nitrogen and oxygen atoms in total. The van der Waals surface area contributed by atoms with Gasteiger partial charge in [-0.25, -0.2) is 4.39 Å². The van der Waals surface area contributed by atoms with E-state index < -0.39 is 6.04 Å². The van der Waals surface area contributed by atoms with Crippen LogP contribution in [0.2, 0.25) is 0 Å². The van der Waals surface area contributed by atoms with Crippen LogP contribution in [0.3, 0.4) is 0 Å². The number of hydrogen-bond donors (Lipinski definition) is 1. The molecule has 1 aliphatic carbocycles. The Kier molecular flexibility index (Phi) is 5.16. The lowest BCUT2D eigenvalue weighted by Gasteiger charge is -2.30. The van der Waals surface area contributed by atoms with E-state index >= 15 is 0 Å². The van der Waals surface area contributed by atoms with E-state index in [0.29, 0.717) is 11.5 Å². The minimum Gasteiger partial charge on any atom is -0.351 e. The molecule has 4 rings (SSSR count). The minimum absolute atomic E-state index is 0.125. The van der Waals surface area contributed by atoms with E-state index in [4.69, 9.17) is 0 Å². The van der Waals surface area contributed by atoms with Crippen LogP contribution in [-0.4, -0.2) is 22.8 Å². The number of rotatable bonds is 4. The predicted octanol–water partition coefficient (Wildman–Crippen LogP) is 4.22. The van der Waals surface area contributed by atoms with E-state index in [1.54, 1.807) is 23.1 Å². The van der Waals surface area contributed by atoms with Crippen LogP contribution in [-0.2, 0) is 11.3 Å². The topological polar surface area (TPSA) is 49.4 Å². The Bertz CT molecular complexity index is 872. The van der Waals surface area contributed by atoms with Crippen molar-refractivity contribution in [3.63, 3.8) is 0 Å². The first-order chi connectivity index (χ1) is 13.5. The Morgan fingerprint density at radius 3 is 2.46 bits per heavy atom. The molecule has 2 aromatic carbocycles. The molecule has 0 spiro atoms. The standard InChI is InChI=1S/C23H25FN2O2/c1-15-6-12-18(13-7-15)25-22(27)21-19-4-2-3-5-20(19)23(28)26(21)14-16-8-10-17(24)11-9-16/h2-5,8-11,15,18,21H,6-7,12-14H2,1H3,(H,25,27)/t15?,18?,21-/m0/s1. The van der Waals surface area contributed by atoms with E-state index in [0.717, 1.165) is 36.8 Å². The van der Waals surface area contributed by atoms with Crippen LogP contribution in [0.25, 0.3) is 0 Å². The first-order valence-electron chi connectivity index (χ1n) is 9.97. The quantitative estimate of drug-likeness (QED) is 0.863. The highest BCUT2D eigenvalue weighted by molar-refractivity contribution is 6.04. The van der Waals surface area contributed by atoms with E-state index in [9.17, 15) is 14.0 Å². The summed E-state index contributed by atoms with van der Waals surface area (Å²) < 4.78 is 13.2. The molecule has 1 fully saturated rings. The van der Waals surface area contributed by atoms with Crippen molar-refractivity contribution in [2.75, 3.05) is 0 Å². The van der Waals surface area contributed by atoms with Crippen molar-refractivity contribution >= 4 is 11.8 Å². The Balaban J connectivity index is 1.58. The molecule has 2 amide bonds. The summed E-state index contributed by atoms with van der Waals surface area (Å²) >= 11 is 0. The molecule has 0 unspecified atom stereocenters.